The monoisotopic (exact) mass is 281 g/mol. The summed E-state index contributed by atoms with van der Waals surface area (Å²) in [5.41, 5.74) is 6.05. The van der Waals surface area contributed by atoms with E-state index in [1.807, 2.05) is 0 Å². The van der Waals surface area contributed by atoms with Crippen molar-refractivity contribution < 1.29 is 4.79 Å². The number of amides is 1. The van der Waals surface area contributed by atoms with E-state index in [9.17, 15) is 4.79 Å². The van der Waals surface area contributed by atoms with E-state index in [-0.39, 0.29) is 11.4 Å². The number of nitrogens with one attached hydrogen (secondary N) is 1. The number of likely N-dealkylation sites (tertiary alicyclic amines) is 1. The lowest BCUT2D eigenvalue weighted by atomic mass is 9.94. The van der Waals surface area contributed by atoms with Gasteiger partial charge in [-0.2, -0.15) is 0 Å². The molecule has 1 saturated carbocycles. The zero-order valence-electron chi connectivity index (χ0n) is 13.2. The molecule has 20 heavy (non-hydrogen) atoms. The molecule has 0 bridgehead atoms. The summed E-state index contributed by atoms with van der Waals surface area (Å²) in [4.78, 5) is 14.7. The fourth-order valence-corrected chi connectivity index (χ4v) is 3.72. The van der Waals surface area contributed by atoms with Gasteiger partial charge < -0.3 is 11.1 Å². The van der Waals surface area contributed by atoms with Crippen molar-refractivity contribution >= 4 is 5.91 Å². The molecule has 0 aromatic rings. The molecule has 116 valence electrons. The molecule has 2 aliphatic rings. The van der Waals surface area contributed by atoms with Gasteiger partial charge in [-0.25, -0.2) is 0 Å². The summed E-state index contributed by atoms with van der Waals surface area (Å²) in [6, 6.07) is 0.471. The van der Waals surface area contributed by atoms with Crippen LogP contribution in [0.2, 0.25) is 0 Å². The predicted octanol–water partition coefficient (Wildman–Crippen LogP) is 1.88. The summed E-state index contributed by atoms with van der Waals surface area (Å²) < 4.78 is 0. The Hall–Kier alpha value is -0.610. The second-order valence-corrected chi connectivity index (χ2v) is 7.10. The molecule has 4 heteroatoms. The molecule has 0 aromatic heterocycles. The van der Waals surface area contributed by atoms with Crippen LogP contribution in [0.5, 0.6) is 0 Å². The highest BCUT2D eigenvalue weighted by atomic mass is 16.1. The van der Waals surface area contributed by atoms with E-state index < -0.39 is 0 Å². The maximum atomic E-state index is 12.1. The number of carbonyl (C=O) groups excluding carboxylic acids is 1. The quantitative estimate of drug-likeness (QED) is 0.781. The van der Waals surface area contributed by atoms with Crippen molar-refractivity contribution in [2.24, 2.45) is 11.7 Å². The fraction of sp³-hybridized carbons (Fsp3) is 0.938. The average Bonchev–Trinajstić information content (AvgIpc) is 3.01. The maximum absolute atomic E-state index is 12.1. The first-order chi connectivity index (χ1) is 9.50. The molecule has 2 rings (SSSR count). The number of nitrogens with zero attached hydrogens (tertiary/aromatic N) is 1. The van der Waals surface area contributed by atoms with Crippen LogP contribution in [0.4, 0.5) is 0 Å². The smallest absolute Gasteiger partial charge is 0.221 e. The molecule has 1 saturated heterocycles. The third-order valence-electron chi connectivity index (χ3n) is 5.00. The van der Waals surface area contributed by atoms with Crippen molar-refractivity contribution in [2.45, 2.75) is 70.4 Å². The SMILES string of the molecule is CC(C)C(CNC(=O)CC1(N)CCCC1)N1CCCC1. The van der Waals surface area contributed by atoms with Crippen molar-refractivity contribution in [3.8, 4) is 0 Å². The van der Waals surface area contributed by atoms with Crippen LogP contribution in [0.25, 0.3) is 0 Å². The minimum absolute atomic E-state index is 0.138. The van der Waals surface area contributed by atoms with Gasteiger partial charge in [0.1, 0.15) is 0 Å². The molecule has 1 amide bonds. The molecule has 1 aliphatic heterocycles. The minimum Gasteiger partial charge on any atom is -0.354 e. The third-order valence-corrected chi connectivity index (χ3v) is 5.00. The Morgan fingerprint density at radius 1 is 1.20 bits per heavy atom. The van der Waals surface area contributed by atoms with Crippen molar-refractivity contribution in [3.63, 3.8) is 0 Å². The first-order valence-corrected chi connectivity index (χ1v) is 8.30. The summed E-state index contributed by atoms with van der Waals surface area (Å²) in [5.74, 6) is 0.714. The molecule has 0 spiro atoms. The summed E-state index contributed by atoms with van der Waals surface area (Å²) in [7, 11) is 0. The lowest BCUT2D eigenvalue weighted by molar-refractivity contribution is -0.122. The van der Waals surface area contributed by atoms with Gasteiger partial charge in [0.15, 0.2) is 0 Å². The van der Waals surface area contributed by atoms with Gasteiger partial charge in [-0.1, -0.05) is 26.7 Å². The summed E-state index contributed by atoms with van der Waals surface area (Å²) in [5, 5.41) is 3.13. The largest absolute Gasteiger partial charge is 0.354 e. The third kappa shape index (κ3) is 4.19. The van der Waals surface area contributed by atoms with Gasteiger partial charge >= 0.3 is 0 Å². The molecule has 2 fully saturated rings. The average molecular weight is 281 g/mol. The number of hydrogen-bond donors (Lipinski definition) is 2. The molecule has 1 aliphatic carbocycles. The van der Waals surface area contributed by atoms with Crippen LogP contribution in [0.1, 0.15) is 58.8 Å². The van der Waals surface area contributed by atoms with E-state index in [1.54, 1.807) is 0 Å². The first kappa shape index (κ1) is 15.8. The van der Waals surface area contributed by atoms with Gasteiger partial charge in [-0.3, -0.25) is 9.69 Å². The van der Waals surface area contributed by atoms with E-state index in [1.165, 1.54) is 38.8 Å². The highest BCUT2D eigenvalue weighted by molar-refractivity contribution is 5.77. The van der Waals surface area contributed by atoms with Gasteiger partial charge in [0.2, 0.25) is 5.91 Å². The van der Waals surface area contributed by atoms with E-state index >= 15 is 0 Å². The van der Waals surface area contributed by atoms with Crippen molar-refractivity contribution in [1.29, 1.82) is 0 Å². The molecule has 4 nitrogen and oxygen atoms in total. The van der Waals surface area contributed by atoms with Gasteiger partial charge in [0, 0.05) is 24.5 Å². The zero-order chi connectivity index (χ0) is 14.6. The normalized spacial score (nSPS) is 24.2. The van der Waals surface area contributed by atoms with Crippen LogP contribution >= 0.6 is 0 Å². The number of nitrogens with two attached hydrogens (primary N) is 1. The van der Waals surface area contributed by atoms with E-state index in [4.69, 9.17) is 5.73 Å². The van der Waals surface area contributed by atoms with Gasteiger partial charge in [0.05, 0.1) is 0 Å². The standard InChI is InChI=1S/C16H31N3O/c1-13(2)14(19-9-5-6-10-19)12-18-15(20)11-16(17)7-3-4-8-16/h13-14H,3-12,17H2,1-2H3,(H,18,20). The van der Waals surface area contributed by atoms with E-state index in [0.717, 1.165) is 19.4 Å². The number of rotatable bonds is 6. The van der Waals surface area contributed by atoms with Crippen molar-refractivity contribution in [1.82, 2.24) is 10.2 Å². The van der Waals surface area contributed by atoms with Crippen LogP contribution in [0, 0.1) is 5.92 Å². The molecule has 0 aromatic carbocycles. The Morgan fingerprint density at radius 2 is 1.80 bits per heavy atom. The van der Waals surface area contributed by atoms with Gasteiger partial charge in [-0.05, 0) is 44.7 Å². The molecule has 1 heterocycles. The topological polar surface area (TPSA) is 58.4 Å². The molecular weight excluding hydrogens is 250 g/mol. The second kappa shape index (κ2) is 6.90. The second-order valence-electron chi connectivity index (χ2n) is 7.10. The molecule has 0 radical (unpaired) electrons. The molecular formula is C16H31N3O. The molecule has 1 unspecified atom stereocenters. The number of hydrogen-bond acceptors (Lipinski definition) is 3. The lowest BCUT2D eigenvalue weighted by Crippen LogP contribution is -2.48. The van der Waals surface area contributed by atoms with Crippen LogP contribution in [0.15, 0.2) is 0 Å². The van der Waals surface area contributed by atoms with Gasteiger partial charge in [0.25, 0.3) is 0 Å². The summed E-state index contributed by atoms with van der Waals surface area (Å²) >= 11 is 0. The Labute approximate surface area is 123 Å². The van der Waals surface area contributed by atoms with Crippen LogP contribution < -0.4 is 11.1 Å². The Kier molecular flexibility index (Phi) is 5.44. The minimum atomic E-state index is -0.231. The van der Waals surface area contributed by atoms with E-state index in [0.29, 0.717) is 18.4 Å². The van der Waals surface area contributed by atoms with E-state index in [2.05, 4.69) is 24.1 Å². The van der Waals surface area contributed by atoms with Crippen LogP contribution in [-0.4, -0.2) is 42.0 Å². The lowest BCUT2D eigenvalue weighted by Gasteiger charge is -2.31. The zero-order valence-corrected chi connectivity index (χ0v) is 13.2. The summed E-state index contributed by atoms with van der Waals surface area (Å²) in [6.45, 7) is 7.62. The maximum Gasteiger partial charge on any atom is 0.221 e. The Balaban J connectivity index is 1.78. The first-order valence-electron chi connectivity index (χ1n) is 8.30. The predicted molar refractivity (Wildman–Crippen MR) is 82.4 cm³/mol. The number of carbonyl (C=O) groups is 1. The van der Waals surface area contributed by atoms with Gasteiger partial charge in [-0.15, -0.1) is 0 Å². The summed E-state index contributed by atoms with van der Waals surface area (Å²) in [6.07, 6.45) is 7.43. The molecule has 1 atom stereocenters. The highest BCUT2D eigenvalue weighted by Crippen LogP contribution is 2.29. The molecule has 3 N–H and O–H groups in total. The van der Waals surface area contributed by atoms with Crippen LogP contribution in [0.3, 0.4) is 0 Å². The van der Waals surface area contributed by atoms with Crippen molar-refractivity contribution in [3.05, 3.63) is 0 Å². The van der Waals surface area contributed by atoms with Crippen molar-refractivity contribution in [2.75, 3.05) is 19.6 Å². The fourth-order valence-electron chi connectivity index (χ4n) is 3.72. The van der Waals surface area contributed by atoms with Crippen LogP contribution in [-0.2, 0) is 4.79 Å². The highest BCUT2D eigenvalue weighted by Gasteiger charge is 2.32. The Bertz CT molecular complexity index is 318. The Morgan fingerprint density at radius 3 is 2.35 bits per heavy atom.